The van der Waals surface area contributed by atoms with Crippen LogP contribution in [0.1, 0.15) is 27.1 Å². The lowest BCUT2D eigenvalue weighted by Gasteiger charge is -2.07. The zero-order valence-corrected chi connectivity index (χ0v) is 14.0. The van der Waals surface area contributed by atoms with Gasteiger partial charge in [0.25, 0.3) is 5.91 Å². The van der Waals surface area contributed by atoms with Crippen molar-refractivity contribution < 1.29 is 19.4 Å². The Morgan fingerprint density at radius 1 is 1.25 bits per heavy atom. The molecule has 1 aromatic carbocycles. The van der Waals surface area contributed by atoms with Crippen molar-refractivity contribution in [1.82, 2.24) is 5.32 Å². The van der Waals surface area contributed by atoms with Gasteiger partial charge in [0, 0.05) is 24.3 Å². The van der Waals surface area contributed by atoms with Crippen LogP contribution in [0.25, 0.3) is 0 Å². The number of benzene rings is 1. The zero-order chi connectivity index (χ0) is 16.8. The van der Waals surface area contributed by atoms with E-state index in [-0.39, 0.29) is 25.3 Å². The molecule has 0 unspecified atom stereocenters. The van der Waals surface area contributed by atoms with Gasteiger partial charge in [-0.25, -0.2) is 0 Å². The summed E-state index contributed by atoms with van der Waals surface area (Å²) in [6.45, 7) is 2.18. The molecule has 0 aliphatic carbocycles. The molecular formula is C17H20N2O4S. The lowest BCUT2D eigenvalue weighted by Crippen LogP contribution is -2.26. The molecule has 1 aromatic heterocycles. The Labute approximate surface area is 144 Å². The maximum absolute atomic E-state index is 11.8. The molecule has 128 valence electrons. The Hall–Kier alpha value is -1.93. The molecule has 0 bridgehead atoms. The smallest absolute Gasteiger partial charge is 0.251 e. The van der Waals surface area contributed by atoms with Gasteiger partial charge in [-0.2, -0.15) is 0 Å². The van der Waals surface area contributed by atoms with Gasteiger partial charge in [0.15, 0.2) is 6.29 Å². The van der Waals surface area contributed by atoms with Crippen molar-refractivity contribution in [2.24, 2.45) is 0 Å². The minimum absolute atomic E-state index is 0.0645. The molecule has 1 amide bonds. The van der Waals surface area contributed by atoms with Crippen LogP contribution in [0.3, 0.4) is 0 Å². The van der Waals surface area contributed by atoms with Crippen LogP contribution >= 0.6 is 11.3 Å². The molecule has 3 N–H and O–H groups in total. The monoisotopic (exact) mass is 348 g/mol. The van der Waals surface area contributed by atoms with Crippen molar-refractivity contribution >= 4 is 22.9 Å². The first-order valence-electron chi connectivity index (χ1n) is 7.80. The van der Waals surface area contributed by atoms with Gasteiger partial charge in [-0.05, 0) is 41.3 Å². The van der Waals surface area contributed by atoms with Gasteiger partial charge in [0.05, 0.1) is 24.7 Å². The van der Waals surface area contributed by atoms with E-state index in [1.165, 1.54) is 5.56 Å². The van der Waals surface area contributed by atoms with Crippen molar-refractivity contribution in [2.45, 2.75) is 12.8 Å². The first kappa shape index (κ1) is 16.9. The van der Waals surface area contributed by atoms with E-state index in [1.807, 2.05) is 12.1 Å². The third-order valence-electron chi connectivity index (χ3n) is 3.57. The summed E-state index contributed by atoms with van der Waals surface area (Å²) in [6.07, 6.45) is -0.222. The summed E-state index contributed by atoms with van der Waals surface area (Å²) in [6, 6.07) is 9.33. The second-order valence-electron chi connectivity index (χ2n) is 5.34. The molecule has 6 nitrogen and oxygen atoms in total. The van der Waals surface area contributed by atoms with Crippen molar-refractivity contribution in [2.75, 3.05) is 31.7 Å². The molecule has 7 heteroatoms. The molecule has 1 aliphatic rings. The molecule has 0 radical (unpaired) electrons. The molecule has 1 aliphatic heterocycles. The van der Waals surface area contributed by atoms with Crippen LogP contribution < -0.4 is 10.6 Å². The molecule has 0 saturated carbocycles. The largest absolute Gasteiger partial charge is 0.395 e. The number of hydrogen-bond donors (Lipinski definition) is 3. The summed E-state index contributed by atoms with van der Waals surface area (Å²) in [5.74, 6) is -0.186. The highest BCUT2D eigenvalue weighted by Gasteiger charge is 2.19. The van der Waals surface area contributed by atoms with Gasteiger partial charge in [-0.1, -0.05) is 0 Å². The summed E-state index contributed by atoms with van der Waals surface area (Å²) in [5.41, 5.74) is 2.68. The molecule has 24 heavy (non-hydrogen) atoms. The quantitative estimate of drug-likeness (QED) is 0.714. The van der Waals surface area contributed by atoms with E-state index in [9.17, 15) is 4.79 Å². The van der Waals surface area contributed by atoms with E-state index < -0.39 is 0 Å². The number of aliphatic hydroxyl groups is 1. The first-order chi connectivity index (χ1) is 11.8. The Bertz CT molecular complexity index is 665. The second kappa shape index (κ2) is 8.25. The first-order valence-corrected chi connectivity index (χ1v) is 8.68. The highest BCUT2D eigenvalue weighted by Crippen LogP contribution is 2.29. The highest BCUT2D eigenvalue weighted by molar-refractivity contribution is 7.10. The lowest BCUT2D eigenvalue weighted by molar-refractivity contribution is -0.0413. The van der Waals surface area contributed by atoms with Gasteiger partial charge in [0.1, 0.15) is 0 Å². The van der Waals surface area contributed by atoms with Crippen LogP contribution in [-0.2, 0) is 16.0 Å². The van der Waals surface area contributed by atoms with Crippen LogP contribution in [0.2, 0.25) is 0 Å². The average Bonchev–Trinajstić information content (AvgIpc) is 3.29. The summed E-state index contributed by atoms with van der Waals surface area (Å²) in [7, 11) is 0. The molecule has 1 saturated heterocycles. The fourth-order valence-corrected chi connectivity index (χ4v) is 3.25. The zero-order valence-electron chi connectivity index (χ0n) is 13.2. The van der Waals surface area contributed by atoms with Crippen LogP contribution in [-0.4, -0.2) is 37.4 Å². The number of ether oxygens (including phenoxy) is 2. The van der Waals surface area contributed by atoms with Crippen molar-refractivity contribution in [1.29, 1.82) is 0 Å². The number of aliphatic hydroxyl groups excluding tert-OH is 1. The normalized spacial score (nSPS) is 14.7. The third kappa shape index (κ3) is 4.33. The fourth-order valence-electron chi connectivity index (χ4n) is 2.35. The predicted molar refractivity (Wildman–Crippen MR) is 92.2 cm³/mol. The predicted octanol–water partition coefficient (Wildman–Crippen LogP) is 2.13. The minimum atomic E-state index is -0.222. The Morgan fingerprint density at radius 3 is 2.71 bits per heavy atom. The molecule has 2 aromatic rings. The number of rotatable bonds is 7. The van der Waals surface area contributed by atoms with Crippen molar-refractivity contribution in [3.8, 4) is 0 Å². The number of amides is 1. The Kier molecular flexibility index (Phi) is 5.81. The van der Waals surface area contributed by atoms with Gasteiger partial charge >= 0.3 is 0 Å². The average molecular weight is 348 g/mol. The Morgan fingerprint density at radius 2 is 2.00 bits per heavy atom. The van der Waals surface area contributed by atoms with Gasteiger partial charge in [-0.15, -0.1) is 11.3 Å². The van der Waals surface area contributed by atoms with E-state index in [0.717, 1.165) is 10.6 Å². The van der Waals surface area contributed by atoms with Crippen molar-refractivity contribution in [3.05, 3.63) is 51.7 Å². The summed E-state index contributed by atoms with van der Waals surface area (Å²) >= 11 is 1.63. The van der Waals surface area contributed by atoms with Gasteiger partial charge < -0.3 is 25.2 Å². The van der Waals surface area contributed by atoms with Crippen LogP contribution in [0, 0.1) is 0 Å². The van der Waals surface area contributed by atoms with Crippen LogP contribution in [0.15, 0.2) is 35.7 Å². The van der Waals surface area contributed by atoms with E-state index in [2.05, 4.69) is 22.1 Å². The molecular weight excluding hydrogens is 328 g/mol. The van der Waals surface area contributed by atoms with Crippen LogP contribution in [0.4, 0.5) is 5.69 Å². The number of anilines is 1. The molecule has 2 heterocycles. The third-order valence-corrected chi connectivity index (χ3v) is 4.57. The molecule has 0 atom stereocenters. The van der Waals surface area contributed by atoms with Gasteiger partial charge in [0.2, 0.25) is 0 Å². The standard InChI is InChI=1S/C17H20N2O4S/c20-6-5-18-16(21)13-1-3-14(4-2-13)19-10-12-9-15(24-11-12)17-22-7-8-23-17/h1-4,9,11,17,19-20H,5-8,10H2,(H,18,21). The molecule has 3 rings (SSSR count). The van der Waals surface area contributed by atoms with E-state index in [0.29, 0.717) is 25.3 Å². The van der Waals surface area contributed by atoms with Crippen molar-refractivity contribution in [3.63, 3.8) is 0 Å². The number of carbonyl (C=O) groups excluding carboxylic acids is 1. The second-order valence-corrected chi connectivity index (χ2v) is 6.28. The summed E-state index contributed by atoms with van der Waals surface area (Å²) in [4.78, 5) is 12.8. The maximum Gasteiger partial charge on any atom is 0.251 e. The van der Waals surface area contributed by atoms with Crippen LogP contribution in [0.5, 0.6) is 0 Å². The van der Waals surface area contributed by atoms with E-state index >= 15 is 0 Å². The number of carbonyl (C=O) groups is 1. The SMILES string of the molecule is O=C(NCCO)c1ccc(NCc2csc(C3OCCO3)c2)cc1. The lowest BCUT2D eigenvalue weighted by atomic mass is 10.2. The summed E-state index contributed by atoms with van der Waals surface area (Å²) < 4.78 is 11.0. The summed E-state index contributed by atoms with van der Waals surface area (Å²) in [5, 5.41) is 16.8. The maximum atomic E-state index is 11.8. The van der Waals surface area contributed by atoms with Gasteiger partial charge in [-0.3, -0.25) is 4.79 Å². The number of thiophene rings is 1. The molecule has 1 fully saturated rings. The number of nitrogens with one attached hydrogen (secondary N) is 2. The fraction of sp³-hybridized carbons (Fsp3) is 0.353. The van der Waals surface area contributed by atoms with E-state index in [1.54, 1.807) is 23.5 Å². The topological polar surface area (TPSA) is 79.8 Å². The number of hydrogen-bond acceptors (Lipinski definition) is 6. The Balaban J connectivity index is 1.52. The minimum Gasteiger partial charge on any atom is -0.395 e. The molecule has 0 spiro atoms. The highest BCUT2D eigenvalue weighted by atomic mass is 32.1. The van der Waals surface area contributed by atoms with E-state index in [4.69, 9.17) is 14.6 Å².